The molecular weight excluding hydrogens is 459 g/mol. The Hall–Kier alpha value is -3.59. The molecule has 3 aromatic carbocycles. The summed E-state index contributed by atoms with van der Waals surface area (Å²) in [6.45, 7) is 1.98. The number of hydrogen-bond donors (Lipinski definition) is 1. The number of halogens is 1. The van der Waals surface area contributed by atoms with E-state index in [1.54, 1.807) is 42.5 Å². The van der Waals surface area contributed by atoms with Gasteiger partial charge in [-0.3, -0.25) is 9.10 Å². The molecule has 1 aliphatic heterocycles. The lowest BCUT2D eigenvalue weighted by Gasteiger charge is -2.35. The summed E-state index contributed by atoms with van der Waals surface area (Å²) in [5.74, 6) is 0.0990. The first kappa shape index (κ1) is 23.6. The van der Waals surface area contributed by atoms with E-state index >= 15 is 0 Å². The smallest absolute Gasteiger partial charge is 0.264 e. The van der Waals surface area contributed by atoms with Crippen LogP contribution in [-0.4, -0.2) is 40.6 Å². The molecule has 0 bridgehead atoms. The number of aryl methyl sites for hydroxylation is 1. The maximum absolute atomic E-state index is 13.5. The van der Waals surface area contributed by atoms with Gasteiger partial charge < -0.3 is 14.8 Å². The molecule has 1 atom stereocenters. The van der Waals surface area contributed by atoms with Crippen LogP contribution in [0.5, 0.6) is 11.5 Å². The zero-order valence-corrected chi connectivity index (χ0v) is 19.6. The molecule has 0 saturated carbocycles. The van der Waals surface area contributed by atoms with Crippen LogP contribution in [0.2, 0.25) is 0 Å². The van der Waals surface area contributed by atoms with Gasteiger partial charge in [-0.25, -0.2) is 12.8 Å². The Morgan fingerprint density at radius 1 is 1.12 bits per heavy atom. The van der Waals surface area contributed by atoms with Gasteiger partial charge >= 0.3 is 0 Å². The average molecular weight is 485 g/mol. The SMILES string of the molecule is COc1ccc(S(=O)(=O)N2C[C@H](C(=O)NCCc3ccc(F)cc3)Oc3ccc(C)cc32)cc1. The Labute approximate surface area is 198 Å². The fraction of sp³-hybridized carbons (Fsp3) is 0.240. The zero-order valence-electron chi connectivity index (χ0n) is 18.8. The number of rotatable bonds is 7. The van der Waals surface area contributed by atoms with Crippen molar-refractivity contribution >= 4 is 21.6 Å². The van der Waals surface area contributed by atoms with Crippen LogP contribution in [-0.2, 0) is 21.2 Å². The normalized spacial score (nSPS) is 15.3. The van der Waals surface area contributed by atoms with Crippen LogP contribution in [0.3, 0.4) is 0 Å². The van der Waals surface area contributed by atoms with Crippen LogP contribution in [0.25, 0.3) is 0 Å². The molecule has 1 N–H and O–H groups in total. The molecule has 0 fully saturated rings. The second-order valence-electron chi connectivity index (χ2n) is 7.96. The van der Waals surface area contributed by atoms with Crippen LogP contribution in [0, 0.1) is 12.7 Å². The van der Waals surface area contributed by atoms with E-state index in [1.165, 1.54) is 35.7 Å². The van der Waals surface area contributed by atoms with Crippen molar-refractivity contribution in [3.05, 3.63) is 83.7 Å². The lowest BCUT2D eigenvalue weighted by Crippen LogP contribution is -2.51. The summed E-state index contributed by atoms with van der Waals surface area (Å²) in [7, 11) is -2.47. The molecule has 34 heavy (non-hydrogen) atoms. The van der Waals surface area contributed by atoms with E-state index in [4.69, 9.17) is 9.47 Å². The molecule has 3 aromatic rings. The van der Waals surface area contributed by atoms with Gasteiger partial charge in [0.2, 0.25) is 0 Å². The molecule has 0 aromatic heterocycles. The summed E-state index contributed by atoms with van der Waals surface area (Å²) >= 11 is 0. The molecule has 0 spiro atoms. The number of fused-ring (bicyclic) bond motifs is 1. The number of carbonyl (C=O) groups is 1. The van der Waals surface area contributed by atoms with Crippen molar-refractivity contribution in [2.75, 3.05) is 24.5 Å². The molecule has 1 aliphatic rings. The highest BCUT2D eigenvalue weighted by Gasteiger charge is 2.37. The average Bonchev–Trinajstić information content (AvgIpc) is 2.84. The van der Waals surface area contributed by atoms with Gasteiger partial charge in [-0.15, -0.1) is 0 Å². The van der Waals surface area contributed by atoms with E-state index in [0.717, 1.165) is 11.1 Å². The lowest BCUT2D eigenvalue weighted by molar-refractivity contribution is -0.127. The molecule has 9 heteroatoms. The van der Waals surface area contributed by atoms with Crippen molar-refractivity contribution in [3.63, 3.8) is 0 Å². The number of nitrogens with one attached hydrogen (secondary N) is 1. The maximum atomic E-state index is 13.5. The number of hydrogen-bond acceptors (Lipinski definition) is 5. The monoisotopic (exact) mass is 484 g/mol. The minimum Gasteiger partial charge on any atom is -0.497 e. The highest BCUT2D eigenvalue weighted by Crippen LogP contribution is 2.38. The van der Waals surface area contributed by atoms with Gasteiger partial charge in [0.05, 0.1) is 24.2 Å². The number of amides is 1. The third-order valence-electron chi connectivity index (χ3n) is 5.55. The van der Waals surface area contributed by atoms with Crippen LogP contribution < -0.4 is 19.1 Å². The van der Waals surface area contributed by atoms with Crippen molar-refractivity contribution in [1.82, 2.24) is 5.32 Å². The van der Waals surface area contributed by atoms with Gasteiger partial charge in [-0.05, 0) is 73.0 Å². The zero-order chi connectivity index (χ0) is 24.3. The Kier molecular flexibility index (Phi) is 6.74. The van der Waals surface area contributed by atoms with Gasteiger partial charge in [0.25, 0.3) is 15.9 Å². The van der Waals surface area contributed by atoms with Gasteiger partial charge in [0.1, 0.15) is 17.3 Å². The molecular formula is C25H25FN2O5S. The lowest BCUT2D eigenvalue weighted by atomic mass is 10.1. The number of carbonyl (C=O) groups excluding carboxylic acids is 1. The Morgan fingerprint density at radius 2 is 1.82 bits per heavy atom. The van der Waals surface area contributed by atoms with Crippen molar-refractivity contribution in [2.24, 2.45) is 0 Å². The van der Waals surface area contributed by atoms with Gasteiger partial charge in [-0.1, -0.05) is 18.2 Å². The third-order valence-corrected chi connectivity index (χ3v) is 7.34. The fourth-order valence-corrected chi connectivity index (χ4v) is 5.16. The summed E-state index contributed by atoms with van der Waals surface area (Å²) in [5.41, 5.74) is 2.11. The first-order valence-electron chi connectivity index (χ1n) is 10.7. The van der Waals surface area contributed by atoms with Crippen molar-refractivity contribution in [3.8, 4) is 11.5 Å². The molecule has 0 saturated heterocycles. The summed E-state index contributed by atoms with van der Waals surface area (Å²) in [6.07, 6.45) is -0.529. The number of benzene rings is 3. The van der Waals surface area contributed by atoms with Gasteiger partial charge in [0.15, 0.2) is 6.10 Å². The summed E-state index contributed by atoms with van der Waals surface area (Å²) < 4.78 is 52.3. The third kappa shape index (κ3) is 4.99. The number of methoxy groups -OCH3 is 1. The number of nitrogens with zero attached hydrogens (tertiary/aromatic N) is 1. The van der Waals surface area contributed by atoms with E-state index in [0.29, 0.717) is 30.2 Å². The summed E-state index contributed by atoms with van der Waals surface area (Å²) in [5, 5.41) is 2.79. The molecule has 7 nitrogen and oxygen atoms in total. The van der Waals surface area contributed by atoms with Crippen molar-refractivity contribution in [2.45, 2.75) is 24.3 Å². The van der Waals surface area contributed by atoms with Crippen molar-refractivity contribution < 1.29 is 27.1 Å². The van der Waals surface area contributed by atoms with Gasteiger partial charge in [-0.2, -0.15) is 0 Å². The highest BCUT2D eigenvalue weighted by molar-refractivity contribution is 7.92. The van der Waals surface area contributed by atoms with Crippen LogP contribution >= 0.6 is 0 Å². The minimum absolute atomic E-state index is 0.0816. The first-order chi connectivity index (χ1) is 16.3. The molecule has 0 aliphatic carbocycles. The van der Waals surface area contributed by atoms with Crippen LogP contribution in [0.15, 0.2) is 71.6 Å². The molecule has 0 radical (unpaired) electrons. The van der Waals surface area contributed by atoms with E-state index in [2.05, 4.69) is 5.32 Å². The number of anilines is 1. The summed E-state index contributed by atoms with van der Waals surface area (Å²) in [6, 6.07) is 17.3. The Morgan fingerprint density at radius 3 is 2.50 bits per heavy atom. The first-order valence-corrected chi connectivity index (χ1v) is 12.2. The van der Waals surface area contributed by atoms with E-state index < -0.39 is 22.0 Å². The molecule has 0 unspecified atom stereocenters. The highest BCUT2D eigenvalue weighted by atomic mass is 32.2. The number of sulfonamides is 1. The second kappa shape index (κ2) is 9.72. The summed E-state index contributed by atoms with van der Waals surface area (Å²) in [4.78, 5) is 13.0. The molecule has 178 valence electrons. The second-order valence-corrected chi connectivity index (χ2v) is 9.82. The topological polar surface area (TPSA) is 84.9 Å². The maximum Gasteiger partial charge on any atom is 0.264 e. The van der Waals surface area contributed by atoms with E-state index in [-0.39, 0.29) is 17.3 Å². The Balaban J connectivity index is 1.55. The molecule has 1 amide bonds. The quantitative estimate of drug-likeness (QED) is 0.555. The largest absolute Gasteiger partial charge is 0.497 e. The van der Waals surface area contributed by atoms with E-state index in [1.807, 2.05) is 6.92 Å². The van der Waals surface area contributed by atoms with Crippen LogP contribution in [0.1, 0.15) is 11.1 Å². The standard InChI is InChI=1S/C25H25FN2O5S/c1-17-3-12-23-22(15-17)28(34(30,31)21-10-8-20(32-2)9-11-21)16-24(33-23)25(29)27-14-13-18-4-6-19(26)7-5-18/h3-12,15,24H,13-14,16H2,1-2H3,(H,27,29)/t24-/m1/s1. The van der Waals surface area contributed by atoms with Crippen molar-refractivity contribution in [1.29, 1.82) is 0 Å². The predicted molar refractivity (Wildman–Crippen MR) is 126 cm³/mol. The molecule has 4 rings (SSSR count). The number of ether oxygens (including phenoxy) is 2. The van der Waals surface area contributed by atoms with E-state index in [9.17, 15) is 17.6 Å². The predicted octanol–water partition coefficient (Wildman–Crippen LogP) is 3.46. The van der Waals surface area contributed by atoms with Gasteiger partial charge in [0, 0.05) is 6.54 Å². The van der Waals surface area contributed by atoms with Crippen LogP contribution in [0.4, 0.5) is 10.1 Å². The molecule has 1 heterocycles. The Bertz CT molecular complexity index is 1280. The minimum atomic E-state index is -3.97. The fourth-order valence-electron chi connectivity index (χ4n) is 3.70.